The number of fused-ring (bicyclic) bond motifs is 1. The number of aromatic amines is 1. The second-order valence-electron chi connectivity index (χ2n) is 5.96. The first-order valence-corrected chi connectivity index (χ1v) is 7.80. The van der Waals surface area contributed by atoms with Gasteiger partial charge in [0.2, 0.25) is 5.91 Å². The topological polar surface area (TPSA) is 83.0 Å². The van der Waals surface area contributed by atoms with Crippen LogP contribution in [0.15, 0.2) is 42.9 Å². The number of benzene rings is 1. The molecule has 0 unspecified atom stereocenters. The first-order chi connectivity index (χ1) is 11.6. The molecular weight excluding hydrogens is 306 g/mol. The lowest BCUT2D eigenvalue weighted by atomic mass is 10.1. The number of H-pyrrole nitrogens is 1. The van der Waals surface area contributed by atoms with Crippen molar-refractivity contribution < 1.29 is 9.59 Å². The summed E-state index contributed by atoms with van der Waals surface area (Å²) in [6.07, 6.45) is 5.87. The van der Waals surface area contributed by atoms with Gasteiger partial charge in [0.15, 0.2) is 0 Å². The molecule has 1 saturated heterocycles. The number of amides is 2. The summed E-state index contributed by atoms with van der Waals surface area (Å²) < 4.78 is 1.65. The lowest BCUT2D eigenvalue weighted by Gasteiger charge is -2.15. The maximum Gasteiger partial charge on any atom is 0.252 e. The number of hydrogen-bond acceptors (Lipinski definition) is 3. The number of anilines is 1. The Morgan fingerprint density at radius 1 is 1.38 bits per heavy atom. The lowest BCUT2D eigenvalue weighted by Crippen LogP contribution is -2.41. The fourth-order valence-corrected chi connectivity index (χ4v) is 3.05. The number of nitrogens with zero attached hydrogens (tertiary/aromatic N) is 3. The van der Waals surface area contributed by atoms with E-state index in [-0.39, 0.29) is 11.8 Å². The Balaban J connectivity index is 1.48. The van der Waals surface area contributed by atoms with E-state index in [9.17, 15) is 9.59 Å². The Bertz CT molecular complexity index is 926. The molecular formula is C17H17N5O2. The molecule has 24 heavy (non-hydrogen) atoms. The minimum atomic E-state index is -0.503. The minimum absolute atomic E-state index is 0.0997. The third-order valence-electron chi connectivity index (χ3n) is 4.33. The molecule has 2 aromatic heterocycles. The molecule has 2 amide bonds. The van der Waals surface area contributed by atoms with Crippen molar-refractivity contribution in [3.8, 4) is 0 Å². The number of aryl methyl sites for hydroxylation is 1. The first-order valence-electron chi connectivity index (χ1n) is 7.80. The Hall–Kier alpha value is -3.09. The van der Waals surface area contributed by atoms with E-state index in [1.165, 1.54) is 0 Å². The van der Waals surface area contributed by atoms with Crippen LogP contribution < -0.4 is 10.2 Å². The van der Waals surface area contributed by atoms with Crippen molar-refractivity contribution >= 4 is 28.4 Å². The van der Waals surface area contributed by atoms with E-state index < -0.39 is 6.04 Å². The average molecular weight is 323 g/mol. The van der Waals surface area contributed by atoms with Crippen molar-refractivity contribution in [2.75, 3.05) is 11.4 Å². The van der Waals surface area contributed by atoms with Gasteiger partial charge in [-0.05, 0) is 30.0 Å². The van der Waals surface area contributed by atoms with E-state index in [1.54, 1.807) is 41.2 Å². The van der Waals surface area contributed by atoms with Crippen LogP contribution >= 0.6 is 0 Å². The van der Waals surface area contributed by atoms with E-state index >= 15 is 0 Å². The second kappa shape index (κ2) is 5.52. The van der Waals surface area contributed by atoms with Gasteiger partial charge in [-0.25, -0.2) is 0 Å². The molecule has 4 rings (SSSR count). The predicted octanol–water partition coefficient (Wildman–Crippen LogP) is 1.44. The van der Waals surface area contributed by atoms with Crippen molar-refractivity contribution in [1.29, 1.82) is 0 Å². The van der Waals surface area contributed by atoms with Crippen LogP contribution in [0, 0.1) is 0 Å². The second-order valence-corrected chi connectivity index (χ2v) is 5.96. The zero-order valence-corrected chi connectivity index (χ0v) is 13.2. The molecule has 1 aliphatic heterocycles. The summed E-state index contributed by atoms with van der Waals surface area (Å²) in [6.45, 7) is 0.575. The zero-order valence-electron chi connectivity index (χ0n) is 13.2. The predicted molar refractivity (Wildman–Crippen MR) is 89.7 cm³/mol. The van der Waals surface area contributed by atoms with Crippen LogP contribution in [-0.4, -0.2) is 39.2 Å². The van der Waals surface area contributed by atoms with E-state index in [2.05, 4.69) is 15.4 Å². The van der Waals surface area contributed by atoms with Crippen LogP contribution in [0.5, 0.6) is 0 Å². The Labute approximate surface area is 138 Å². The van der Waals surface area contributed by atoms with Gasteiger partial charge in [-0.3, -0.25) is 14.3 Å². The van der Waals surface area contributed by atoms with Crippen molar-refractivity contribution in [1.82, 2.24) is 20.1 Å². The van der Waals surface area contributed by atoms with Crippen LogP contribution in [0.4, 0.5) is 5.69 Å². The normalized spacial score (nSPS) is 17.6. The van der Waals surface area contributed by atoms with E-state index in [1.807, 2.05) is 18.3 Å². The summed E-state index contributed by atoms with van der Waals surface area (Å²) in [6, 6.07) is 6.90. The summed E-state index contributed by atoms with van der Waals surface area (Å²) in [4.78, 5) is 29.7. The lowest BCUT2D eigenvalue weighted by molar-refractivity contribution is -0.118. The highest BCUT2D eigenvalue weighted by Gasteiger charge is 2.34. The van der Waals surface area contributed by atoms with Gasteiger partial charge in [0, 0.05) is 37.1 Å². The molecule has 1 aliphatic rings. The molecule has 0 saturated carbocycles. The van der Waals surface area contributed by atoms with Gasteiger partial charge in [-0.1, -0.05) is 6.07 Å². The van der Waals surface area contributed by atoms with E-state index in [0.29, 0.717) is 18.5 Å². The fourth-order valence-electron chi connectivity index (χ4n) is 3.05. The molecule has 0 spiro atoms. The molecule has 0 bridgehead atoms. The van der Waals surface area contributed by atoms with Crippen LogP contribution in [-0.2, 0) is 11.8 Å². The number of rotatable bonds is 3. The number of carbonyl (C=O) groups is 2. The maximum atomic E-state index is 12.5. The fraction of sp³-hybridized carbons (Fsp3) is 0.235. The highest BCUT2D eigenvalue weighted by atomic mass is 16.2. The van der Waals surface area contributed by atoms with Gasteiger partial charge in [0.25, 0.3) is 5.91 Å². The highest BCUT2D eigenvalue weighted by Crippen LogP contribution is 2.21. The Kier molecular flexibility index (Phi) is 3.34. The van der Waals surface area contributed by atoms with Gasteiger partial charge in [0.1, 0.15) is 6.04 Å². The van der Waals surface area contributed by atoms with Crippen LogP contribution in [0.25, 0.3) is 10.9 Å². The smallest absolute Gasteiger partial charge is 0.252 e. The first kappa shape index (κ1) is 14.5. The van der Waals surface area contributed by atoms with Crippen molar-refractivity contribution in [2.24, 2.45) is 7.05 Å². The third kappa shape index (κ3) is 2.44. The van der Waals surface area contributed by atoms with Gasteiger partial charge in [-0.2, -0.15) is 5.10 Å². The molecule has 1 aromatic carbocycles. The average Bonchev–Trinajstić information content (AvgIpc) is 3.28. The van der Waals surface area contributed by atoms with Gasteiger partial charge < -0.3 is 15.2 Å². The van der Waals surface area contributed by atoms with Crippen molar-refractivity contribution in [3.63, 3.8) is 0 Å². The Morgan fingerprint density at radius 2 is 2.25 bits per heavy atom. The van der Waals surface area contributed by atoms with Gasteiger partial charge >= 0.3 is 0 Å². The highest BCUT2D eigenvalue weighted by molar-refractivity contribution is 6.04. The monoisotopic (exact) mass is 323 g/mol. The quantitative estimate of drug-likeness (QED) is 0.765. The SMILES string of the molecule is Cn1cc(N2CC[C@@H](NC(=O)c3ccc4cc[nH]c4c3)C2=O)cn1. The van der Waals surface area contributed by atoms with Gasteiger partial charge in [0.05, 0.1) is 11.9 Å². The molecule has 3 heterocycles. The zero-order chi connectivity index (χ0) is 16.7. The summed E-state index contributed by atoms with van der Waals surface area (Å²) >= 11 is 0. The summed E-state index contributed by atoms with van der Waals surface area (Å²) in [5, 5.41) is 7.97. The summed E-state index contributed by atoms with van der Waals surface area (Å²) in [5.41, 5.74) is 2.20. The molecule has 0 aliphatic carbocycles. The van der Waals surface area contributed by atoms with Crippen LogP contribution in [0.1, 0.15) is 16.8 Å². The van der Waals surface area contributed by atoms with Crippen molar-refractivity contribution in [3.05, 3.63) is 48.4 Å². The third-order valence-corrected chi connectivity index (χ3v) is 4.33. The molecule has 1 fully saturated rings. The van der Waals surface area contributed by atoms with E-state index in [0.717, 1.165) is 16.6 Å². The molecule has 2 N–H and O–H groups in total. The minimum Gasteiger partial charge on any atom is -0.361 e. The molecule has 0 radical (unpaired) electrons. The van der Waals surface area contributed by atoms with Crippen LogP contribution in [0.2, 0.25) is 0 Å². The number of hydrogen-bond donors (Lipinski definition) is 2. The van der Waals surface area contributed by atoms with E-state index in [4.69, 9.17) is 0 Å². The van der Waals surface area contributed by atoms with Gasteiger partial charge in [-0.15, -0.1) is 0 Å². The Morgan fingerprint density at radius 3 is 3.04 bits per heavy atom. The molecule has 7 nitrogen and oxygen atoms in total. The largest absolute Gasteiger partial charge is 0.361 e. The number of carbonyl (C=O) groups excluding carboxylic acids is 2. The molecule has 3 aromatic rings. The number of nitrogens with one attached hydrogen (secondary N) is 2. The standard InChI is InChI=1S/C17H17N5O2/c1-21-10-13(9-19-21)22-7-5-14(17(22)24)20-16(23)12-3-2-11-4-6-18-15(11)8-12/h2-4,6,8-10,14,18H,5,7H2,1H3,(H,20,23)/t14-/m1/s1. The van der Waals surface area contributed by atoms with Crippen molar-refractivity contribution in [2.45, 2.75) is 12.5 Å². The number of aromatic nitrogens is 3. The summed E-state index contributed by atoms with van der Waals surface area (Å²) in [5.74, 6) is -0.338. The van der Waals surface area contributed by atoms with Crippen LogP contribution in [0.3, 0.4) is 0 Å². The maximum absolute atomic E-state index is 12.5. The summed E-state index contributed by atoms with van der Waals surface area (Å²) in [7, 11) is 1.81. The molecule has 1 atom stereocenters. The molecule has 122 valence electrons. The molecule has 7 heteroatoms.